The molecule has 0 unspecified atom stereocenters. The second-order valence-electron chi connectivity index (χ2n) is 5.61. The normalized spacial score (nSPS) is 10.2. The predicted octanol–water partition coefficient (Wildman–Crippen LogP) is 3.72. The Balaban J connectivity index is 1.92. The molecule has 132 valence electrons. The first-order valence-corrected chi connectivity index (χ1v) is 8.51. The molecule has 0 aromatic heterocycles. The van der Waals surface area contributed by atoms with Gasteiger partial charge in [-0.05, 0) is 49.7 Å². The van der Waals surface area contributed by atoms with Crippen LogP contribution in [0.4, 0.5) is 11.4 Å². The molecule has 0 spiro atoms. The number of likely N-dealkylation sites (N-methyl/N-ethyl adjacent to an activating group) is 1. The molecule has 0 saturated heterocycles. The number of amides is 1. The monoisotopic (exact) mass is 340 g/mol. The van der Waals surface area contributed by atoms with Crippen LogP contribution in [0.5, 0.6) is 0 Å². The number of hydrogen-bond acceptors (Lipinski definition) is 4. The highest BCUT2D eigenvalue weighted by molar-refractivity contribution is 5.95. The largest absolute Gasteiger partial charge is 0.462 e. The minimum atomic E-state index is -0.346. The molecule has 25 heavy (non-hydrogen) atoms. The van der Waals surface area contributed by atoms with Gasteiger partial charge >= 0.3 is 5.97 Å². The number of rotatable bonds is 8. The van der Waals surface area contributed by atoms with Gasteiger partial charge in [0.05, 0.1) is 18.7 Å². The molecule has 0 heterocycles. The fourth-order valence-corrected chi connectivity index (χ4v) is 2.37. The van der Waals surface area contributed by atoms with Crippen LogP contribution >= 0.6 is 0 Å². The molecule has 0 aliphatic carbocycles. The molecular formula is C20H24N2O3. The summed E-state index contributed by atoms with van der Waals surface area (Å²) >= 11 is 0. The summed E-state index contributed by atoms with van der Waals surface area (Å²) in [6, 6.07) is 16.5. The van der Waals surface area contributed by atoms with Crippen LogP contribution in [0.15, 0.2) is 54.6 Å². The first kappa shape index (κ1) is 18.5. The van der Waals surface area contributed by atoms with E-state index in [1.807, 2.05) is 49.1 Å². The zero-order valence-corrected chi connectivity index (χ0v) is 14.7. The quantitative estimate of drug-likeness (QED) is 0.744. The van der Waals surface area contributed by atoms with E-state index in [1.54, 1.807) is 24.3 Å². The molecule has 5 heteroatoms. The number of carbonyl (C=O) groups excluding carboxylic acids is 2. The Morgan fingerprint density at radius 2 is 1.68 bits per heavy atom. The fraction of sp³-hybridized carbons (Fsp3) is 0.300. The molecule has 0 saturated carbocycles. The Morgan fingerprint density at radius 3 is 2.28 bits per heavy atom. The van der Waals surface area contributed by atoms with Crippen LogP contribution in [0.25, 0.3) is 0 Å². The minimum absolute atomic E-state index is 0.105. The van der Waals surface area contributed by atoms with E-state index in [0.29, 0.717) is 17.9 Å². The lowest BCUT2D eigenvalue weighted by molar-refractivity contribution is -0.115. The smallest absolute Gasteiger partial charge is 0.338 e. The summed E-state index contributed by atoms with van der Waals surface area (Å²) in [6.45, 7) is 5.36. The van der Waals surface area contributed by atoms with Crippen molar-refractivity contribution in [1.82, 2.24) is 0 Å². The van der Waals surface area contributed by atoms with Gasteiger partial charge in [-0.2, -0.15) is 0 Å². The van der Waals surface area contributed by atoms with Crippen molar-refractivity contribution >= 4 is 23.3 Å². The molecule has 2 aromatic rings. The molecule has 0 aliphatic rings. The summed E-state index contributed by atoms with van der Waals surface area (Å²) < 4.78 is 5.08. The second-order valence-corrected chi connectivity index (χ2v) is 5.61. The van der Waals surface area contributed by atoms with Gasteiger partial charge < -0.3 is 15.0 Å². The van der Waals surface area contributed by atoms with Gasteiger partial charge in [0, 0.05) is 17.9 Å². The van der Waals surface area contributed by atoms with Crippen LogP contribution in [0.1, 0.15) is 30.6 Å². The maximum absolute atomic E-state index is 12.3. The zero-order chi connectivity index (χ0) is 18.1. The lowest BCUT2D eigenvalue weighted by Gasteiger charge is -2.22. The number of nitrogens with one attached hydrogen (secondary N) is 1. The Labute approximate surface area is 148 Å². The van der Waals surface area contributed by atoms with E-state index in [1.165, 1.54) is 0 Å². The van der Waals surface area contributed by atoms with E-state index in [4.69, 9.17) is 4.74 Å². The minimum Gasteiger partial charge on any atom is -0.462 e. The van der Waals surface area contributed by atoms with Crippen molar-refractivity contribution in [3.63, 3.8) is 0 Å². The number of carbonyl (C=O) groups is 2. The molecule has 0 radical (unpaired) electrons. The Kier molecular flexibility index (Phi) is 7.01. The van der Waals surface area contributed by atoms with Gasteiger partial charge in [-0.3, -0.25) is 4.79 Å². The standard InChI is InChI=1S/C20H24N2O3/c1-3-14-25-20(24)16-10-12-17(13-11-16)21-19(23)15-22(4-2)18-8-6-5-7-9-18/h5-13H,3-4,14-15H2,1-2H3,(H,21,23). The number of nitrogens with zero attached hydrogens (tertiary/aromatic N) is 1. The third-order valence-electron chi connectivity index (χ3n) is 3.68. The van der Waals surface area contributed by atoms with Crippen LogP contribution in [0.2, 0.25) is 0 Å². The van der Waals surface area contributed by atoms with Crippen molar-refractivity contribution in [2.75, 3.05) is 29.9 Å². The number of hydrogen-bond donors (Lipinski definition) is 1. The molecule has 0 fully saturated rings. The van der Waals surface area contributed by atoms with E-state index in [0.717, 1.165) is 18.7 Å². The van der Waals surface area contributed by atoms with Gasteiger partial charge in [-0.15, -0.1) is 0 Å². The van der Waals surface area contributed by atoms with Crippen LogP contribution in [-0.4, -0.2) is 31.6 Å². The van der Waals surface area contributed by atoms with Gasteiger partial charge in [0.2, 0.25) is 5.91 Å². The highest BCUT2D eigenvalue weighted by Gasteiger charge is 2.11. The Hall–Kier alpha value is -2.82. The molecular weight excluding hydrogens is 316 g/mol. The number of anilines is 2. The van der Waals surface area contributed by atoms with Crippen LogP contribution < -0.4 is 10.2 Å². The summed E-state index contributed by atoms with van der Waals surface area (Å²) in [5.41, 5.74) is 2.14. The summed E-state index contributed by atoms with van der Waals surface area (Å²) in [7, 11) is 0. The lowest BCUT2D eigenvalue weighted by Crippen LogP contribution is -2.33. The summed E-state index contributed by atoms with van der Waals surface area (Å²) in [5.74, 6) is -0.451. The zero-order valence-electron chi connectivity index (χ0n) is 14.7. The molecule has 5 nitrogen and oxygen atoms in total. The first-order valence-electron chi connectivity index (χ1n) is 8.51. The molecule has 1 amide bonds. The van der Waals surface area contributed by atoms with Crippen LogP contribution in [-0.2, 0) is 9.53 Å². The van der Waals surface area contributed by atoms with Crippen molar-refractivity contribution in [1.29, 1.82) is 0 Å². The van der Waals surface area contributed by atoms with Gasteiger partial charge in [-0.1, -0.05) is 25.1 Å². The first-order chi connectivity index (χ1) is 12.1. The van der Waals surface area contributed by atoms with Gasteiger partial charge in [0.25, 0.3) is 0 Å². The van der Waals surface area contributed by atoms with Crippen molar-refractivity contribution < 1.29 is 14.3 Å². The third-order valence-corrected chi connectivity index (χ3v) is 3.68. The molecule has 2 aromatic carbocycles. The maximum Gasteiger partial charge on any atom is 0.338 e. The highest BCUT2D eigenvalue weighted by atomic mass is 16.5. The van der Waals surface area contributed by atoms with Crippen molar-refractivity contribution in [2.45, 2.75) is 20.3 Å². The third kappa shape index (κ3) is 5.64. The van der Waals surface area contributed by atoms with Gasteiger partial charge in [0.15, 0.2) is 0 Å². The highest BCUT2D eigenvalue weighted by Crippen LogP contribution is 2.14. The number of ether oxygens (including phenoxy) is 1. The molecule has 0 atom stereocenters. The number of esters is 1. The van der Waals surface area contributed by atoms with E-state index in [9.17, 15) is 9.59 Å². The molecule has 0 bridgehead atoms. The maximum atomic E-state index is 12.3. The number of benzene rings is 2. The molecule has 1 N–H and O–H groups in total. The molecule has 0 aliphatic heterocycles. The van der Waals surface area contributed by atoms with Crippen molar-refractivity contribution in [3.05, 3.63) is 60.2 Å². The van der Waals surface area contributed by atoms with Gasteiger partial charge in [-0.25, -0.2) is 4.79 Å². The summed E-state index contributed by atoms with van der Waals surface area (Å²) in [5, 5.41) is 2.85. The van der Waals surface area contributed by atoms with Crippen molar-refractivity contribution in [3.8, 4) is 0 Å². The van der Waals surface area contributed by atoms with Crippen LogP contribution in [0, 0.1) is 0 Å². The average Bonchev–Trinajstić information content (AvgIpc) is 2.65. The van der Waals surface area contributed by atoms with E-state index >= 15 is 0 Å². The topological polar surface area (TPSA) is 58.6 Å². The fourth-order valence-electron chi connectivity index (χ4n) is 2.37. The Bertz CT molecular complexity index is 684. The predicted molar refractivity (Wildman–Crippen MR) is 100.0 cm³/mol. The molecule has 2 rings (SSSR count). The average molecular weight is 340 g/mol. The second kappa shape index (κ2) is 9.47. The van der Waals surface area contributed by atoms with Gasteiger partial charge in [0.1, 0.15) is 0 Å². The van der Waals surface area contributed by atoms with Crippen LogP contribution in [0.3, 0.4) is 0 Å². The van der Waals surface area contributed by atoms with E-state index in [2.05, 4.69) is 5.32 Å². The SMILES string of the molecule is CCCOC(=O)c1ccc(NC(=O)CN(CC)c2ccccc2)cc1. The Morgan fingerprint density at radius 1 is 1.00 bits per heavy atom. The lowest BCUT2D eigenvalue weighted by atomic mass is 10.2. The van der Waals surface area contributed by atoms with E-state index < -0.39 is 0 Å². The van der Waals surface area contributed by atoms with E-state index in [-0.39, 0.29) is 18.4 Å². The number of para-hydroxylation sites is 1. The summed E-state index contributed by atoms with van der Waals surface area (Å²) in [6.07, 6.45) is 0.787. The summed E-state index contributed by atoms with van der Waals surface area (Å²) in [4.78, 5) is 26.0. The van der Waals surface area contributed by atoms with Crippen molar-refractivity contribution in [2.24, 2.45) is 0 Å².